The van der Waals surface area contributed by atoms with Crippen molar-refractivity contribution in [3.8, 4) is 0 Å². The summed E-state index contributed by atoms with van der Waals surface area (Å²) in [5, 5.41) is 3.05. The van der Waals surface area contributed by atoms with Crippen LogP contribution >= 0.6 is 15.9 Å². The summed E-state index contributed by atoms with van der Waals surface area (Å²) in [6, 6.07) is 7.80. The first-order valence-corrected chi connectivity index (χ1v) is 8.55. The molecule has 1 N–H and O–H groups in total. The smallest absolute Gasteiger partial charge is 0.227 e. The summed E-state index contributed by atoms with van der Waals surface area (Å²) >= 11 is 3.47. The molecule has 110 valence electrons. The van der Waals surface area contributed by atoms with Crippen molar-refractivity contribution in [3.63, 3.8) is 0 Å². The van der Waals surface area contributed by atoms with E-state index in [2.05, 4.69) is 28.2 Å². The van der Waals surface area contributed by atoms with Crippen LogP contribution in [0.15, 0.2) is 28.7 Å². The third kappa shape index (κ3) is 4.34. The summed E-state index contributed by atoms with van der Waals surface area (Å²) in [4.78, 5) is 12.3. The number of hydrogen-bond donors (Lipinski definition) is 1. The maximum atomic E-state index is 12.3. The number of carbonyl (C=O) groups excluding carboxylic acids is 1. The topological polar surface area (TPSA) is 29.1 Å². The van der Waals surface area contributed by atoms with Crippen molar-refractivity contribution in [1.82, 2.24) is 0 Å². The maximum Gasteiger partial charge on any atom is 0.227 e. The predicted octanol–water partition coefficient (Wildman–Crippen LogP) is 5.38. The minimum absolute atomic E-state index is 0.186. The highest BCUT2D eigenvalue weighted by Gasteiger charge is 2.26. The van der Waals surface area contributed by atoms with Crippen molar-refractivity contribution in [2.75, 3.05) is 5.32 Å². The Morgan fingerprint density at radius 2 is 1.95 bits per heavy atom. The van der Waals surface area contributed by atoms with Gasteiger partial charge in [-0.2, -0.15) is 0 Å². The summed E-state index contributed by atoms with van der Waals surface area (Å²) in [6.07, 6.45) is 8.48. The molecule has 0 atom stereocenters. The molecule has 1 amide bonds. The van der Waals surface area contributed by atoms with Gasteiger partial charge >= 0.3 is 0 Å². The molecule has 1 aromatic carbocycles. The lowest BCUT2D eigenvalue weighted by Gasteiger charge is -2.27. The van der Waals surface area contributed by atoms with E-state index in [1.54, 1.807) is 0 Å². The van der Waals surface area contributed by atoms with Gasteiger partial charge in [-0.05, 0) is 59.7 Å². The first-order valence-electron chi connectivity index (χ1n) is 7.76. The fraction of sp³-hybridized carbons (Fsp3) is 0.588. The van der Waals surface area contributed by atoms with E-state index >= 15 is 0 Å². The molecule has 1 aliphatic carbocycles. The van der Waals surface area contributed by atoms with Gasteiger partial charge in [0.25, 0.3) is 0 Å². The average Bonchev–Trinajstić information content (AvgIpc) is 2.48. The second-order valence-electron chi connectivity index (χ2n) is 5.83. The van der Waals surface area contributed by atoms with Crippen molar-refractivity contribution in [3.05, 3.63) is 28.7 Å². The number of rotatable bonds is 5. The van der Waals surface area contributed by atoms with Gasteiger partial charge in [0.2, 0.25) is 5.91 Å². The minimum atomic E-state index is 0.186. The molecule has 2 rings (SSSR count). The quantitative estimate of drug-likeness (QED) is 0.767. The fourth-order valence-corrected chi connectivity index (χ4v) is 3.39. The molecule has 0 heterocycles. The largest absolute Gasteiger partial charge is 0.325 e. The highest BCUT2D eigenvalue weighted by molar-refractivity contribution is 9.10. The molecule has 3 heteroatoms. The van der Waals surface area contributed by atoms with Gasteiger partial charge in [0.15, 0.2) is 0 Å². The van der Waals surface area contributed by atoms with E-state index in [4.69, 9.17) is 0 Å². The standard InChI is InChI=1S/C17H24BrNO/c1-2-3-6-13-9-11-14(12-10-13)17(20)19-16-8-5-4-7-15(16)18/h4-5,7-8,13-14H,2-3,6,9-12H2,1H3,(H,19,20). The van der Waals surface area contributed by atoms with Crippen molar-refractivity contribution in [1.29, 1.82) is 0 Å². The van der Waals surface area contributed by atoms with Gasteiger partial charge < -0.3 is 5.32 Å². The summed E-state index contributed by atoms with van der Waals surface area (Å²) < 4.78 is 0.949. The molecular weight excluding hydrogens is 314 g/mol. The third-order valence-corrected chi connectivity index (χ3v) is 5.01. The van der Waals surface area contributed by atoms with E-state index in [0.717, 1.165) is 28.9 Å². The van der Waals surface area contributed by atoms with E-state index < -0.39 is 0 Å². The van der Waals surface area contributed by atoms with E-state index in [0.29, 0.717) is 0 Å². The molecule has 0 aliphatic heterocycles. The zero-order valence-electron chi connectivity index (χ0n) is 12.2. The summed E-state index contributed by atoms with van der Waals surface area (Å²) in [6.45, 7) is 2.25. The summed E-state index contributed by atoms with van der Waals surface area (Å²) in [5.41, 5.74) is 0.880. The molecule has 1 fully saturated rings. The number of para-hydroxylation sites is 1. The van der Waals surface area contributed by atoms with E-state index in [1.807, 2.05) is 24.3 Å². The van der Waals surface area contributed by atoms with E-state index in [9.17, 15) is 4.79 Å². The zero-order valence-corrected chi connectivity index (χ0v) is 13.8. The number of unbranched alkanes of at least 4 members (excludes halogenated alkanes) is 1. The van der Waals surface area contributed by atoms with Crippen LogP contribution in [0.5, 0.6) is 0 Å². The molecule has 1 aromatic rings. The Morgan fingerprint density at radius 1 is 1.25 bits per heavy atom. The van der Waals surface area contributed by atoms with Crippen LogP contribution in [-0.4, -0.2) is 5.91 Å². The lowest BCUT2D eigenvalue weighted by Crippen LogP contribution is -2.27. The van der Waals surface area contributed by atoms with E-state index in [-0.39, 0.29) is 11.8 Å². The number of amides is 1. The van der Waals surface area contributed by atoms with Crippen LogP contribution in [0.25, 0.3) is 0 Å². The number of hydrogen-bond acceptors (Lipinski definition) is 1. The van der Waals surface area contributed by atoms with Crippen molar-refractivity contribution < 1.29 is 4.79 Å². The number of nitrogens with one attached hydrogen (secondary N) is 1. The molecule has 0 radical (unpaired) electrons. The Labute approximate surface area is 130 Å². The van der Waals surface area contributed by atoms with E-state index in [1.165, 1.54) is 32.1 Å². The molecule has 1 aliphatic rings. The molecule has 0 aromatic heterocycles. The molecule has 1 saturated carbocycles. The average molecular weight is 338 g/mol. The Kier molecular flexibility index (Phi) is 6.08. The van der Waals surface area contributed by atoms with Crippen molar-refractivity contribution in [2.24, 2.45) is 11.8 Å². The highest BCUT2D eigenvalue weighted by Crippen LogP contribution is 2.33. The zero-order chi connectivity index (χ0) is 14.4. The second kappa shape index (κ2) is 7.82. The molecule has 0 bridgehead atoms. The lowest BCUT2D eigenvalue weighted by atomic mass is 9.79. The monoisotopic (exact) mass is 337 g/mol. The van der Waals surface area contributed by atoms with Crippen LogP contribution in [0.4, 0.5) is 5.69 Å². The second-order valence-corrected chi connectivity index (χ2v) is 6.68. The van der Waals surface area contributed by atoms with Gasteiger partial charge in [-0.25, -0.2) is 0 Å². The number of anilines is 1. The van der Waals surface area contributed by atoms with Crippen LogP contribution in [0, 0.1) is 11.8 Å². The van der Waals surface area contributed by atoms with Crippen LogP contribution in [-0.2, 0) is 4.79 Å². The van der Waals surface area contributed by atoms with Crippen LogP contribution in [0.2, 0.25) is 0 Å². The Balaban J connectivity index is 1.82. The minimum Gasteiger partial charge on any atom is -0.325 e. The van der Waals surface area contributed by atoms with Crippen LogP contribution < -0.4 is 5.32 Å². The lowest BCUT2D eigenvalue weighted by molar-refractivity contribution is -0.121. The summed E-state index contributed by atoms with van der Waals surface area (Å²) in [5.74, 6) is 1.23. The highest BCUT2D eigenvalue weighted by atomic mass is 79.9. The normalized spacial score (nSPS) is 22.5. The molecule has 2 nitrogen and oxygen atoms in total. The molecule has 0 unspecified atom stereocenters. The molecule has 20 heavy (non-hydrogen) atoms. The predicted molar refractivity (Wildman–Crippen MR) is 87.7 cm³/mol. The third-order valence-electron chi connectivity index (χ3n) is 4.32. The van der Waals surface area contributed by atoms with Gasteiger partial charge in [-0.3, -0.25) is 4.79 Å². The number of carbonyl (C=O) groups is 1. The molecule has 0 spiro atoms. The Hall–Kier alpha value is -0.830. The molecular formula is C17H24BrNO. The first kappa shape index (κ1) is 15.6. The Bertz CT molecular complexity index is 438. The fourth-order valence-electron chi connectivity index (χ4n) is 3.00. The van der Waals surface area contributed by atoms with Gasteiger partial charge in [0.1, 0.15) is 0 Å². The summed E-state index contributed by atoms with van der Waals surface area (Å²) in [7, 11) is 0. The Morgan fingerprint density at radius 3 is 2.60 bits per heavy atom. The first-order chi connectivity index (χ1) is 9.70. The van der Waals surface area contributed by atoms with Crippen LogP contribution in [0.1, 0.15) is 51.9 Å². The van der Waals surface area contributed by atoms with Crippen molar-refractivity contribution in [2.45, 2.75) is 51.9 Å². The van der Waals surface area contributed by atoms with Crippen LogP contribution in [0.3, 0.4) is 0 Å². The molecule has 0 saturated heterocycles. The van der Waals surface area contributed by atoms with Gasteiger partial charge in [0, 0.05) is 10.4 Å². The van der Waals surface area contributed by atoms with Crippen molar-refractivity contribution >= 4 is 27.5 Å². The van der Waals surface area contributed by atoms with Gasteiger partial charge in [-0.1, -0.05) is 38.3 Å². The number of benzene rings is 1. The maximum absolute atomic E-state index is 12.3. The van der Waals surface area contributed by atoms with Gasteiger partial charge in [0.05, 0.1) is 5.69 Å². The van der Waals surface area contributed by atoms with Gasteiger partial charge in [-0.15, -0.1) is 0 Å². The number of halogens is 1. The SMILES string of the molecule is CCCCC1CCC(C(=O)Nc2ccccc2Br)CC1.